The van der Waals surface area contributed by atoms with E-state index < -0.39 is 0 Å². The number of aromatic nitrogens is 3. The molecule has 358 valence electrons. The summed E-state index contributed by atoms with van der Waals surface area (Å²) in [5.74, 6) is 0.946. The van der Waals surface area contributed by atoms with Crippen molar-refractivity contribution in [3.05, 3.63) is 264 Å². The molecule has 10 aliphatic rings. The second-order valence-corrected chi connectivity index (χ2v) is 23.2. The van der Waals surface area contributed by atoms with Crippen molar-refractivity contribution < 1.29 is 0 Å². The van der Waals surface area contributed by atoms with E-state index >= 15 is 0 Å². The fraction of sp³-hybridized carbons (Fsp3) is 0.214. The lowest BCUT2D eigenvalue weighted by atomic mass is 9.46. The third-order valence-corrected chi connectivity index (χ3v) is 19.9. The summed E-state index contributed by atoms with van der Waals surface area (Å²) in [4.78, 5) is 21.4. The maximum Gasteiger partial charge on any atom is 0.0890 e. The normalized spacial score (nSPS) is 24.9. The maximum atomic E-state index is 5.79. The summed E-state index contributed by atoms with van der Waals surface area (Å²) < 4.78 is 0. The molecule has 19 rings (SSSR count). The molecule has 1 saturated carbocycles. The van der Waals surface area contributed by atoms with Crippen LogP contribution in [0.1, 0.15) is 137 Å². The van der Waals surface area contributed by atoms with Crippen LogP contribution in [0.15, 0.2) is 197 Å². The van der Waals surface area contributed by atoms with Gasteiger partial charge in [0.2, 0.25) is 0 Å². The number of rotatable bonds is 4. The van der Waals surface area contributed by atoms with E-state index in [1.54, 1.807) is 5.57 Å². The summed E-state index contributed by atoms with van der Waals surface area (Å²) in [7, 11) is 0. The van der Waals surface area contributed by atoms with Gasteiger partial charge in [0.05, 0.1) is 45.2 Å². The standard InChI is InChI=1S/C70H53N5/c1-37-23-28-50-62-61-60(53-31-32-70(53,62)69(50)73-54-20-10-9-17-45(37)54)68(75-64(61)44-27-25-42-34-40-16-6-8-19-47(40)52(42)36-44)57(38-13-3-2-4-14-38)67-59-49-30-29-48(65-66(49)72-56-22-12-11-21-55(56)71-65)58(59)63(74-67)43-26-24-41-33-39-15-5-7-18-46(39)51(41)35-43/h2-22,24-27,35-36,48-49,53,62-63,74-75H,23,28-34H2,1H3/b45-37?,67-57-,73-54?. The average molecular weight is 964 g/mol. The molecule has 5 heteroatoms. The summed E-state index contributed by atoms with van der Waals surface area (Å²) in [6, 6.07) is 61.6. The zero-order valence-electron chi connectivity index (χ0n) is 42.0. The van der Waals surface area contributed by atoms with E-state index in [0.717, 1.165) is 61.3 Å². The van der Waals surface area contributed by atoms with E-state index in [2.05, 4.69) is 181 Å². The van der Waals surface area contributed by atoms with Crippen molar-refractivity contribution in [3.8, 4) is 33.5 Å². The number of nitrogens with one attached hydrogen (secondary N) is 2. The predicted octanol–water partition coefficient (Wildman–Crippen LogP) is 14.4. The van der Waals surface area contributed by atoms with Gasteiger partial charge in [0, 0.05) is 40.1 Å². The van der Waals surface area contributed by atoms with Gasteiger partial charge in [-0.25, -0.2) is 9.97 Å². The van der Waals surface area contributed by atoms with Gasteiger partial charge in [0.1, 0.15) is 0 Å². The fourth-order valence-electron chi connectivity index (χ4n) is 16.6. The first-order chi connectivity index (χ1) is 37.1. The molecular weight excluding hydrogens is 911 g/mol. The molecule has 8 aliphatic carbocycles. The lowest BCUT2D eigenvalue weighted by molar-refractivity contribution is 0.0964. The second-order valence-electron chi connectivity index (χ2n) is 23.2. The minimum Gasteiger partial charge on any atom is -0.374 e. The Kier molecular flexibility index (Phi) is 8.13. The molecule has 5 nitrogen and oxygen atoms in total. The van der Waals surface area contributed by atoms with E-state index in [4.69, 9.17) is 15.0 Å². The highest BCUT2D eigenvalue weighted by Gasteiger charge is 2.69. The highest BCUT2D eigenvalue weighted by atomic mass is 15.0. The zero-order chi connectivity index (χ0) is 48.8. The van der Waals surface area contributed by atoms with Crippen LogP contribution in [0.25, 0.3) is 55.7 Å². The molecule has 1 spiro atoms. The van der Waals surface area contributed by atoms with E-state index in [1.165, 1.54) is 140 Å². The van der Waals surface area contributed by atoms with Crippen LogP contribution >= 0.6 is 0 Å². The Balaban J connectivity index is 0.904. The maximum absolute atomic E-state index is 5.79. The number of benzene rings is 7. The van der Waals surface area contributed by atoms with Crippen LogP contribution in [0, 0.1) is 5.41 Å². The average Bonchev–Trinajstić information content (AvgIpc) is 4.28. The van der Waals surface area contributed by atoms with Gasteiger partial charge in [-0.05, 0) is 189 Å². The van der Waals surface area contributed by atoms with Crippen molar-refractivity contribution in [3.63, 3.8) is 0 Å². The van der Waals surface area contributed by atoms with Crippen LogP contribution in [-0.2, 0) is 12.8 Å². The molecule has 6 unspecified atom stereocenters. The Morgan fingerprint density at radius 2 is 1.27 bits per heavy atom. The molecule has 4 heterocycles. The van der Waals surface area contributed by atoms with Gasteiger partial charge in [-0.15, -0.1) is 0 Å². The number of H-pyrrole nitrogens is 1. The summed E-state index contributed by atoms with van der Waals surface area (Å²) >= 11 is 0. The van der Waals surface area contributed by atoms with E-state index in [0.29, 0.717) is 11.8 Å². The van der Waals surface area contributed by atoms with Crippen LogP contribution < -0.4 is 15.9 Å². The van der Waals surface area contributed by atoms with Crippen molar-refractivity contribution in [2.24, 2.45) is 10.4 Å². The molecule has 2 bridgehead atoms. The van der Waals surface area contributed by atoms with Crippen molar-refractivity contribution in [1.82, 2.24) is 20.3 Å². The molecule has 9 aromatic rings. The van der Waals surface area contributed by atoms with Crippen molar-refractivity contribution >= 4 is 22.2 Å². The smallest absolute Gasteiger partial charge is 0.0890 e. The van der Waals surface area contributed by atoms with Crippen LogP contribution in [0.4, 0.5) is 0 Å². The number of hydrogen-bond donors (Lipinski definition) is 2. The van der Waals surface area contributed by atoms with Crippen molar-refractivity contribution in [2.75, 3.05) is 0 Å². The lowest BCUT2D eigenvalue weighted by Gasteiger charge is -2.58. The molecule has 2 aliphatic heterocycles. The van der Waals surface area contributed by atoms with Gasteiger partial charge in [0.15, 0.2) is 0 Å². The minimum atomic E-state index is -0.0219. The van der Waals surface area contributed by atoms with Gasteiger partial charge < -0.3 is 10.3 Å². The SMILES string of the molecule is CC1=c2ccccc2=NC2=C(CC1)C1c3c(-c4ccc5c(c4)-c4ccccc4C5)[nH]c(/C(=C4\NC(c5ccc6c(c5)-c5ccccc5C6)C5=C4C4CCC5c5nc6ccccc6nc54)c4ccccc4)c3C3CCC231. The molecule has 2 aromatic heterocycles. The third-order valence-electron chi connectivity index (χ3n) is 19.9. The van der Waals surface area contributed by atoms with Crippen LogP contribution in [0.3, 0.4) is 0 Å². The topological polar surface area (TPSA) is 66.0 Å². The Labute approximate surface area is 436 Å². The summed E-state index contributed by atoms with van der Waals surface area (Å²) in [5.41, 5.74) is 34.9. The van der Waals surface area contributed by atoms with Crippen molar-refractivity contribution in [1.29, 1.82) is 0 Å². The molecule has 7 aromatic carbocycles. The largest absolute Gasteiger partial charge is 0.374 e. The first-order valence-electron chi connectivity index (χ1n) is 27.7. The predicted molar refractivity (Wildman–Crippen MR) is 298 cm³/mol. The summed E-state index contributed by atoms with van der Waals surface area (Å²) in [5, 5.41) is 6.94. The number of allylic oxidation sites excluding steroid dienone is 3. The number of para-hydroxylation sites is 3. The fourth-order valence-corrected chi connectivity index (χ4v) is 16.6. The first kappa shape index (κ1) is 41.2. The quantitative estimate of drug-likeness (QED) is 0.185. The lowest BCUT2D eigenvalue weighted by Crippen LogP contribution is -2.49. The summed E-state index contributed by atoms with van der Waals surface area (Å²) in [6.45, 7) is 2.33. The Hall–Kier alpha value is -8.15. The molecule has 0 amide bonds. The van der Waals surface area contributed by atoms with E-state index in [-0.39, 0.29) is 23.3 Å². The number of aromatic amines is 1. The van der Waals surface area contributed by atoms with Gasteiger partial charge in [-0.2, -0.15) is 0 Å². The number of hydrogen-bond acceptors (Lipinski definition) is 4. The zero-order valence-corrected chi connectivity index (χ0v) is 42.0. The molecule has 75 heavy (non-hydrogen) atoms. The molecule has 1 fully saturated rings. The van der Waals surface area contributed by atoms with Gasteiger partial charge in [-0.1, -0.05) is 139 Å². The number of fused-ring (bicyclic) bond motifs is 13. The van der Waals surface area contributed by atoms with Gasteiger partial charge in [-0.3, -0.25) is 4.99 Å². The Bertz CT molecular complexity index is 4340. The summed E-state index contributed by atoms with van der Waals surface area (Å²) in [6.07, 6.45) is 8.52. The second kappa shape index (κ2) is 14.8. The molecular formula is C70H53N5. The minimum absolute atomic E-state index is 0.0109. The Morgan fingerprint density at radius 1 is 0.600 bits per heavy atom. The number of nitrogens with zero attached hydrogens (tertiary/aromatic N) is 3. The van der Waals surface area contributed by atoms with E-state index in [1.807, 2.05) is 0 Å². The van der Waals surface area contributed by atoms with Gasteiger partial charge >= 0.3 is 0 Å². The highest BCUT2D eigenvalue weighted by Crippen LogP contribution is 2.80. The molecule has 0 saturated heterocycles. The van der Waals surface area contributed by atoms with Gasteiger partial charge in [0.25, 0.3) is 0 Å². The molecule has 0 radical (unpaired) electrons. The van der Waals surface area contributed by atoms with E-state index in [9.17, 15) is 0 Å². The molecule has 2 N–H and O–H groups in total. The molecule has 6 atom stereocenters. The third kappa shape index (κ3) is 5.36. The Morgan fingerprint density at radius 3 is 2.04 bits per heavy atom. The monoisotopic (exact) mass is 963 g/mol. The van der Waals surface area contributed by atoms with Crippen molar-refractivity contribution in [2.45, 2.75) is 88.0 Å². The first-order valence-corrected chi connectivity index (χ1v) is 27.7. The van der Waals surface area contributed by atoms with Crippen LogP contribution in [0.2, 0.25) is 0 Å². The van der Waals surface area contributed by atoms with Crippen LogP contribution in [-0.4, -0.2) is 15.0 Å². The highest BCUT2D eigenvalue weighted by molar-refractivity contribution is 5.93. The van der Waals surface area contributed by atoms with Crippen LogP contribution in [0.5, 0.6) is 0 Å².